The summed E-state index contributed by atoms with van der Waals surface area (Å²) in [5.74, 6) is -1.83. The third kappa shape index (κ3) is 3.73. The number of nitrogens with one attached hydrogen (secondary N) is 1. The van der Waals surface area contributed by atoms with Crippen LogP contribution in [0.4, 0.5) is 10.1 Å². The summed E-state index contributed by atoms with van der Waals surface area (Å²) < 4.78 is 18.9. The number of benzene rings is 2. The van der Waals surface area contributed by atoms with Gasteiger partial charge in [0.1, 0.15) is 5.75 Å². The number of hydrogen-bond acceptors (Lipinski definition) is 3. The van der Waals surface area contributed by atoms with Crippen molar-refractivity contribution in [1.82, 2.24) is 0 Å². The summed E-state index contributed by atoms with van der Waals surface area (Å²) in [4.78, 5) is 23.0. The Bertz CT molecular complexity index is 722. The minimum Gasteiger partial charge on any atom is -0.483 e. The first-order chi connectivity index (χ1) is 10.5. The van der Waals surface area contributed by atoms with Gasteiger partial charge in [-0.3, -0.25) is 9.59 Å². The van der Waals surface area contributed by atoms with Gasteiger partial charge in [-0.1, -0.05) is 29.8 Å². The molecule has 22 heavy (non-hydrogen) atoms. The van der Waals surface area contributed by atoms with Crippen molar-refractivity contribution in [3.63, 3.8) is 0 Å². The largest absolute Gasteiger partial charge is 0.483 e. The molecule has 0 bridgehead atoms. The number of carbonyl (C=O) groups excluding carboxylic acids is 2. The molecule has 0 aliphatic heterocycles. The number of nitrogens with two attached hydrogens (primary N) is 1. The van der Waals surface area contributed by atoms with E-state index in [-0.39, 0.29) is 28.6 Å². The maximum absolute atomic E-state index is 13.8. The van der Waals surface area contributed by atoms with Gasteiger partial charge >= 0.3 is 0 Å². The first kappa shape index (κ1) is 15.8. The molecule has 3 N–H and O–H groups in total. The normalized spacial score (nSPS) is 10.1. The molecule has 0 aliphatic rings. The van der Waals surface area contributed by atoms with Gasteiger partial charge in [0.2, 0.25) is 0 Å². The quantitative estimate of drug-likeness (QED) is 0.887. The lowest BCUT2D eigenvalue weighted by Crippen LogP contribution is -2.21. The number of halogens is 2. The van der Waals surface area contributed by atoms with Crippen molar-refractivity contribution in [2.24, 2.45) is 5.73 Å². The zero-order chi connectivity index (χ0) is 16.1. The molecule has 2 aromatic carbocycles. The van der Waals surface area contributed by atoms with Crippen molar-refractivity contribution in [3.05, 3.63) is 58.9 Å². The van der Waals surface area contributed by atoms with E-state index in [2.05, 4.69) is 5.32 Å². The summed E-state index contributed by atoms with van der Waals surface area (Å²) in [6, 6.07) is 10.5. The highest BCUT2D eigenvalue weighted by molar-refractivity contribution is 6.31. The maximum Gasteiger partial charge on any atom is 0.259 e. The summed E-state index contributed by atoms with van der Waals surface area (Å²) >= 11 is 5.66. The van der Waals surface area contributed by atoms with Gasteiger partial charge in [-0.2, -0.15) is 0 Å². The van der Waals surface area contributed by atoms with Gasteiger partial charge in [0, 0.05) is 0 Å². The fraction of sp³-hybridized carbons (Fsp3) is 0.0667. The second-order valence-electron chi connectivity index (χ2n) is 4.31. The van der Waals surface area contributed by atoms with Gasteiger partial charge in [-0.15, -0.1) is 0 Å². The summed E-state index contributed by atoms with van der Waals surface area (Å²) in [5, 5.41) is 2.30. The van der Waals surface area contributed by atoms with E-state index >= 15 is 0 Å². The van der Waals surface area contributed by atoms with E-state index in [0.29, 0.717) is 0 Å². The molecule has 5 nitrogen and oxygen atoms in total. The molecule has 0 aliphatic carbocycles. The van der Waals surface area contributed by atoms with Crippen LogP contribution in [0.3, 0.4) is 0 Å². The van der Waals surface area contributed by atoms with E-state index in [1.807, 2.05) is 0 Å². The van der Waals surface area contributed by atoms with Crippen LogP contribution in [-0.4, -0.2) is 18.4 Å². The summed E-state index contributed by atoms with van der Waals surface area (Å²) in [5.41, 5.74) is 5.09. The number of para-hydroxylation sites is 1. The first-order valence-electron chi connectivity index (χ1n) is 6.24. The Morgan fingerprint density at radius 2 is 1.91 bits per heavy atom. The molecule has 2 aromatic rings. The zero-order valence-electron chi connectivity index (χ0n) is 11.3. The standard InChI is InChI=1S/C15H12ClFN2O3/c16-10-5-3-6-11(14(10)17)19-15(21)9-4-1-2-7-12(9)22-8-13(18)20/h1-7H,8H2,(H2,18,20)(H,19,21). The molecule has 7 heteroatoms. The van der Waals surface area contributed by atoms with Crippen molar-refractivity contribution in [3.8, 4) is 5.75 Å². The molecule has 0 fully saturated rings. The highest BCUT2D eigenvalue weighted by Crippen LogP contribution is 2.24. The Balaban J connectivity index is 2.22. The fourth-order valence-corrected chi connectivity index (χ4v) is 1.89. The van der Waals surface area contributed by atoms with E-state index in [1.165, 1.54) is 30.3 Å². The number of carbonyl (C=O) groups is 2. The molecule has 0 unspecified atom stereocenters. The Morgan fingerprint density at radius 3 is 2.64 bits per heavy atom. The first-order valence-corrected chi connectivity index (χ1v) is 6.62. The average molecular weight is 323 g/mol. The summed E-state index contributed by atoms with van der Waals surface area (Å²) in [6.45, 7) is -0.365. The summed E-state index contributed by atoms with van der Waals surface area (Å²) in [6.07, 6.45) is 0. The molecule has 0 saturated carbocycles. The van der Waals surface area contributed by atoms with Crippen LogP contribution in [0.1, 0.15) is 10.4 Å². The summed E-state index contributed by atoms with van der Waals surface area (Å²) in [7, 11) is 0. The molecule has 2 rings (SSSR count). The molecule has 114 valence electrons. The Labute approximate surface area is 130 Å². The molecule has 0 heterocycles. The van der Waals surface area contributed by atoms with Crippen LogP contribution in [0.2, 0.25) is 5.02 Å². The Morgan fingerprint density at radius 1 is 1.18 bits per heavy atom. The third-order valence-electron chi connectivity index (χ3n) is 2.70. The lowest BCUT2D eigenvalue weighted by atomic mass is 10.2. The van der Waals surface area contributed by atoms with E-state index in [9.17, 15) is 14.0 Å². The predicted octanol–water partition coefficient (Wildman–Crippen LogP) is 2.60. The molecule has 2 amide bonds. The van der Waals surface area contributed by atoms with E-state index in [4.69, 9.17) is 22.1 Å². The van der Waals surface area contributed by atoms with E-state index < -0.39 is 17.6 Å². The smallest absolute Gasteiger partial charge is 0.259 e. The Kier molecular flexibility index (Phi) is 4.95. The molecule has 0 radical (unpaired) electrons. The highest BCUT2D eigenvalue weighted by Gasteiger charge is 2.15. The second kappa shape index (κ2) is 6.91. The molecule has 0 aromatic heterocycles. The van der Waals surface area contributed by atoms with Gasteiger partial charge in [-0.25, -0.2) is 4.39 Å². The van der Waals surface area contributed by atoms with Crippen LogP contribution in [-0.2, 0) is 4.79 Å². The Hall–Kier alpha value is -2.60. The molecule has 0 atom stereocenters. The van der Waals surface area contributed by atoms with Gasteiger partial charge < -0.3 is 15.8 Å². The number of anilines is 1. The number of ether oxygens (including phenoxy) is 1. The third-order valence-corrected chi connectivity index (χ3v) is 2.99. The average Bonchev–Trinajstić information content (AvgIpc) is 2.50. The van der Waals surface area contributed by atoms with Crippen LogP contribution in [0.25, 0.3) is 0 Å². The lowest BCUT2D eigenvalue weighted by molar-refractivity contribution is -0.119. The van der Waals surface area contributed by atoms with Crippen molar-refractivity contribution in [2.45, 2.75) is 0 Å². The minimum atomic E-state index is -0.729. The SMILES string of the molecule is NC(=O)COc1ccccc1C(=O)Nc1cccc(Cl)c1F. The van der Waals surface area contributed by atoms with Crippen molar-refractivity contribution < 1.29 is 18.7 Å². The van der Waals surface area contributed by atoms with Crippen LogP contribution < -0.4 is 15.8 Å². The molecular weight excluding hydrogens is 311 g/mol. The second-order valence-corrected chi connectivity index (χ2v) is 4.71. The van der Waals surface area contributed by atoms with Crippen molar-refractivity contribution >= 4 is 29.1 Å². The number of rotatable bonds is 5. The number of hydrogen-bond donors (Lipinski definition) is 2. The number of primary amides is 1. The van der Waals surface area contributed by atoms with Gasteiger partial charge in [0.25, 0.3) is 11.8 Å². The van der Waals surface area contributed by atoms with Crippen molar-refractivity contribution in [1.29, 1.82) is 0 Å². The number of amides is 2. The maximum atomic E-state index is 13.8. The van der Waals surface area contributed by atoms with Crippen LogP contribution >= 0.6 is 11.6 Å². The fourth-order valence-electron chi connectivity index (χ4n) is 1.72. The minimum absolute atomic E-state index is 0.0535. The van der Waals surface area contributed by atoms with Gasteiger partial charge in [-0.05, 0) is 24.3 Å². The van der Waals surface area contributed by atoms with E-state index in [0.717, 1.165) is 0 Å². The topological polar surface area (TPSA) is 81.4 Å². The zero-order valence-corrected chi connectivity index (χ0v) is 12.1. The van der Waals surface area contributed by atoms with Gasteiger partial charge in [0.15, 0.2) is 12.4 Å². The predicted molar refractivity (Wildman–Crippen MR) is 80.5 cm³/mol. The van der Waals surface area contributed by atoms with Crippen LogP contribution in [0.5, 0.6) is 5.75 Å². The van der Waals surface area contributed by atoms with Gasteiger partial charge in [0.05, 0.1) is 16.3 Å². The molecule has 0 saturated heterocycles. The highest BCUT2D eigenvalue weighted by atomic mass is 35.5. The van der Waals surface area contributed by atoms with Crippen LogP contribution in [0.15, 0.2) is 42.5 Å². The van der Waals surface area contributed by atoms with E-state index in [1.54, 1.807) is 12.1 Å². The van der Waals surface area contributed by atoms with Crippen molar-refractivity contribution in [2.75, 3.05) is 11.9 Å². The monoisotopic (exact) mass is 322 g/mol. The molecular formula is C15H12ClFN2O3. The molecule has 0 spiro atoms. The lowest BCUT2D eigenvalue weighted by Gasteiger charge is -2.11. The van der Waals surface area contributed by atoms with Crippen LogP contribution in [0, 0.1) is 5.82 Å².